The third kappa shape index (κ3) is 1.13. The van der Waals surface area contributed by atoms with Gasteiger partial charge in [0.1, 0.15) is 12.1 Å². The maximum absolute atomic E-state index is 12.0. The van der Waals surface area contributed by atoms with E-state index in [2.05, 4.69) is 0 Å². The van der Waals surface area contributed by atoms with E-state index >= 15 is 0 Å². The normalized spacial score (nSPS) is 38.1. The Bertz CT molecular complexity index is 360. The molecule has 0 spiro atoms. The van der Waals surface area contributed by atoms with Crippen LogP contribution in [0.15, 0.2) is 0 Å². The molecule has 3 aliphatic heterocycles. The molecular weight excluding hydrogens is 212 g/mol. The van der Waals surface area contributed by atoms with Gasteiger partial charge >= 0.3 is 0 Å². The van der Waals surface area contributed by atoms with Crippen molar-refractivity contribution in [3.05, 3.63) is 0 Å². The van der Waals surface area contributed by atoms with E-state index in [1.54, 1.807) is 0 Å². The number of aliphatic hydroxyl groups excluding tert-OH is 1. The summed E-state index contributed by atoms with van der Waals surface area (Å²) in [5, 5.41) is 9.48. The minimum atomic E-state index is -0.617. The number of piperazine rings is 1. The minimum Gasteiger partial charge on any atom is -0.391 e. The van der Waals surface area contributed by atoms with Crippen LogP contribution < -0.4 is 0 Å². The second kappa shape index (κ2) is 3.04. The lowest BCUT2D eigenvalue weighted by molar-refractivity contribution is -0.157. The molecule has 0 aromatic rings. The zero-order chi connectivity index (χ0) is 11.4. The largest absolute Gasteiger partial charge is 0.391 e. The van der Waals surface area contributed by atoms with Gasteiger partial charge in [0.2, 0.25) is 11.8 Å². The Morgan fingerprint density at radius 1 is 1.06 bits per heavy atom. The van der Waals surface area contributed by atoms with Crippen LogP contribution in [0.3, 0.4) is 0 Å². The highest BCUT2D eigenvalue weighted by Crippen LogP contribution is 2.30. The molecule has 0 aliphatic carbocycles. The summed E-state index contributed by atoms with van der Waals surface area (Å²) in [7, 11) is 0. The summed E-state index contributed by atoms with van der Waals surface area (Å²) in [5.41, 5.74) is 0. The smallest absolute Gasteiger partial charge is 0.246 e. The summed E-state index contributed by atoms with van der Waals surface area (Å²) in [5.74, 6) is -0.438. The highest BCUT2D eigenvalue weighted by Gasteiger charge is 2.53. The van der Waals surface area contributed by atoms with Crippen LogP contribution in [0.2, 0.25) is 0 Å². The molecule has 3 atom stereocenters. The van der Waals surface area contributed by atoms with E-state index in [9.17, 15) is 19.5 Å². The summed E-state index contributed by atoms with van der Waals surface area (Å²) >= 11 is 0. The second-order valence-electron chi connectivity index (χ2n) is 4.62. The van der Waals surface area contributed by atoms with Crippen LogP contribution in [-0.2, 0) is 14.4 Å². The number of ketones is 1. The van der Waals surface area contributed by atoms with Crippen molar-refractivity contribution in [1.82, 2.24) is 9.80 Å². The summed E-state index contributed by atoms with van der Waals surface area (Å²) in [6.07, 6.45) is -0.195. The van der Waals surface area contributed by atoms with E-state index in [0.29, 0.717) is 6.42 Å². The van der Waals surface area contributed by atoms with Crippen molar-refractivity contribution >= 4 is 17.6 Å². The number of Topliss-reactive ketones (excluding diaryl/α,β-unsaturated/α-hetero) is 1. The van der Waals surface area contributed by atoms with Crippen LogP contribution >= 0.6 is 0 Å². The van der Waals surface area contributed by atoms with Gasteiger partial charge in [-0.2, -0.15) is 0 Å². The van der Waals surface area contributed by atoms with Crippen molar-refractivity contribution in [2.45, 2.75) is 31.0 Å². The molecule has 3 aliphatic rings. The molecule has 0 unspecified atom stereocenters. The van der Waals surface area contributed by atoms with Crippen LogP contribution in [0.5, 0.6) is 0 Å². The van der Waals surface area contributed by atoms with Crippen molar-refractivity contribution in [2.75, 3.05) is 13.1 Å². The average molecular weight is 224 g/mol. The molecule has 86 valence electrons. The number of hydrogen-bond donors (Lipinski definition) is 1. The molecule has 3 rings (SSSR count). The molecule has 2 amide bonds. The fourth-order valence-electron chi connectivity index (χ4n) is 2.82. The van der Waals surface area contributed by atoms with Crippen LogP contribution in [0.4, 0.5) is 0 Å². The van der Waals surface area contributed by atoms with E-state index in [-0.39, 0.29) is 37.1 Å². The Labute approximate surface area is 91.8 Å². The lowest BCUT2D eigenvalue weighted by Crippen LogP contribution is -2.60. The van der Waals surface area contributed by atoms with Crippen LogP contribution in [0.1, 0.15) is 12.8 Å². The van der Waals surface area contributed by atoms with Gasteiger partial charge in [0.15, 0.2) is 5.78 Å². The number of aliphatic hydroxyl groups is 1. The Kier molecular flexibility index (Phi) is 1.85. The lowest BCUT2D eigenvalue weighted by atomic mass is 10.1. The Morgan fingerprint density at radius 2 is 1.75 bits per heavy atom. The molecule has 6 nitrogen and oxygen atoms in total. The molecule has 16 heavy (non-hydrogen) atoms. The van der Waals surface area contributed by atoms with Crippen LogP contribution in [0, 0.1) is 0 Å². The fourth-order valence-corrected chi connectivity index (χ4v) is 2.82. The Balaban J connectivity index is 1.95. The van der Waals surface area contributed by atoms with Gasteiger partial charge in [-0.25, -0.2) is 0 Å². The number of amides is 2. The van der Waals surface area contributed by atoms with Crippen molar-refractivity contribution in [3.63, 3.8) is 0 Å². The van der Waals surface area contributed by atoms with Crippen molar-refractivity contribution in [2.24, 2.45) is 0 Å². The van der Waals surface area contributed by atoms with Crippen molar-refractivity contribution in [3.8, 4) is 0 Å². The first-order chi connectivity index (χ1) is 7.58. The fraction of sp³-hybridized carbons (Fsp3) is 0.700. The molecule has 3 fully saturated rings. The predicted octanol–water partition coefficient (Wildman–Crippen LogP) is -1.87. The molecular formula is C10H12N2O4. The van der Waals surface area contributed by atoms with Gasteiger partial charge in [0.25, 0.3) is 0 Å². The number of carbonyl (C=O) groups excluding carboxylic acids is 3. The standard InChI is InChI=1S/C10H12N2O4/c13-5-1-7-9(15)12-4-6(14)2-8(12)10(16)11(7)3-5/h5,7-8,13H,1-4H2/t5-,7-,8-/m0/s1. The first-order valence-electron chi connectivity index (χ1n) is 5.38. The van der Waals surface area contributed by atoms with E-state index in [1.807, 2.05) is 0 Å². The minimum absolute atomic E-state index is 0.0513. The maximum atomic E-state index is 12.0. The number of rotatable bonds is 0. The molecule has 3 saturated heterocycles. The van der Waals surface area contributed by atoms with Gasteiger partial charge in [-0.05, 0) is 0 Å². The number of nitrogens with zero attached hydrogens (tertiary/aromatic N) is 2. The molecule has 0 radical (unpaired) electrons. The molecule has 0 aromatic carbocycles. The van der Waals surface area contributed by atoms with E-state index in [0.717, 1.165) is 0 Å². The zero-order valence-corrected chi connectivity index (χ0v) is 8.63. The molecule has 1 N–H and O–H groups in total. The van der Waals surface area contributed by atoms with Crippen LogP contribution in [-0.4, -0.2) is 63.8 Å². The first-order valence-corrected chi connectivity index (χ1v) is 5.38. The maximum Gasteiger partial charge on any atom is 0.246 e. The molecule has 6 heteroatoms. The Morgan fingerprint density at radius 3 is 2.50 bits per heavy atom. The van der Waals surface area contributed by atoms with Gasteiger partial charge < -0.3 is 14.9 Å². The average Bonchev–Trinajstić information content (AvgIpc) is 2.78. The number of fused-ring (bicyclic) bond motifs is 2. The summed E-state index contributed by atoms with van der Waals surface area (Å²) in [4.78, 5) is 38.0. The molecule has 0 saturated carbocycles. The summed E-state index contributed by atoms with van der Waals surface area (Å²) < 4.78 is 0. The van der Waals surface area contributed by atoms with Gasteiger partial charge in [-0.1, -0.05) is 0 Å². The Hall–Kier alpha value is -1.43. The van der Waals surface area contributed by atoms with E-state index < -0.39 is 18.2 Å². The zero-order valence-electron chi connectivity index (χ0n) is 8.63. The highest BCUT2D eigenvalue weighted by molar-refractivity contribution is 6.04. The summed E-state index contributed by atoms with van der Waals surface area (Å²) in [6, 6.07) is -1.16. The van der Waals surface area contributed by atoms with Crippen molar-refractivity contribution < 1.29 is 19.5 Å². The molecule has 0 bridgehead atoms. The topological polar surface area (TPSA) is 77.9 Å². The number of hydrogen-bond acceptors (Lipinski definition) is 4. The van der Waals surface area contributed by atoms with Crippen LogP contribution in [0.25, 0.3) is 0 Å². The second-order valence-corrected chi connectivity index (χ2v) is 4.62. The predicted molar refractivity (Wildman–Crippen MR) is 51.2 cm³/mol. The highest BCUT2D eigenvalue weighted by atomic mass is 16.3. The lowest BCUT2D eigenvalue weighted by Gasteiger charge is -2.37. The van der Waals surface area contributed by atoms with Gasteiger partial charge in [0, 0.05) is 19.4 Å². The third-order valence-corrected chi connectivity index (χ3v) is 3.56. The monoisotopic (exact) mass is 224 g/mol. The van der Waals surface area contributed by atoms with Crippen molar-refractivity contribution in [1.29, 1.82) is 0 Å². The van der Waals surface area contributed by atoms with Gasteiger partial charge in [-0.3, -0.25) is 14.4 Å². The van der Waals surface area contributed by atoms with E-state index in [4.69, 9.17) is 0 Å². The third-order valence-electron chi connectivity index (χ3n) is 3.56. The quantitative estimate of drug-likeness (QED) is 0.523. The van der Waals surface area contributed by atoms with E-state index in [1.165, 1.54) is 9.80 Å². The number of carbonyl (C=O) groups is 3. The van der Waals surface area contributed by atoms with Gasteiger partial charge in [-0.15, -0.1) is 0 Å². The summed E-state index contributed by atoms with van der Waals surface area (Å²) in [6.45, 7) is 0.267. The SMILES string of the molecule is O=C1C[C@H]2C(=O)N3C[C@@H](O)C[C@H]3C(=O)N2C1. The molecule has 3 heterocycles. The first kappa shape index (κ1) is 9.77. The molecule has 0 aromatic heterocycles. The van der Waals surface area contributed by atoms with Gasteiger partial charge in [0.05, 0.1) is 12.6 Å².